The van der Waals surface area contributed by atoms with Gasteiger partial charge in [0.2, 0.25) is 0 Å². The third-order valence-electron chi connectivity index (χ3n) is 4.39. The van der Waals surface area contributed by atoms with Gasteiger partial charge in [0.05, 0.1) is 13.7 Å². The van der Waals surface area contributed by atoms with Crippen LogP contribution in [0.25, 0.3) is 0 Å². The minimum absolute atomic E-state index is 0.0390. The molecule has 0 N–H and O–H groups in total. The molecule has 0 aromatic heterocycles. The van der Waals surface area contributed by atoms with Crippen LogP contribution in [0, 0.1) is 0 Å². The number of nitrogens with zero attached hydrogens (tertiary/aromatic N) is 2. The lowest BCUT2D eigenvalue weighted by Gasteiger charge is -2.36. The van der Waals surface area contributed by atoms with Gasteiger partial charge in [0.15, 0.2) is 0 Å². The molecule has 5 nitrogen and oxygen atoms in total. The van der Waals surface area contributed by atoms with Crippen molar-refractivity contribution in [3.8, 4) is 5.75 Å². The number of methoxy groups -OCH3 is 1. The zero-order valence-electron chi connectivity index (χ0n) is 12.8. The van der Waals surface area contributed by atoms with Crippen LogP contribution in [-0.2, 0) is 16.1 Å². The average molecular weight is 325 g/mol. The molecule has 2 aliphatic rings. The summed E-state index contributed by atoms with van der Waals surface area (Å²) in [5.41, 5.74) is 1.10. The maximum absolute atomic E-state index is 11.7. The van der Waals surface area contributed by atoms with Gasteiger partial charge in [-0.25, -0.2) is 0 Å². The van der Waals surface area contributed by atoms with Crippen LogP contribution in [0.5, 0.6) is 5.75 Å². The average Bonchev–Trinajstić information content (AvgIpc) is 2.94. The van der Waals surface area contributed by atoms with E-state index in [1.165, 1.54) is 0 Å². The molecule has 0 amide bonds. The Hall–Kier alpha value is -1.30. The fourth-order valence-corrected chi connectivity index (χ4v) is 3.36. The minimum Gasteiger partial charge on any atom is -0.496 e. The quantitative estimate of drug-likeness (QED) is 0.790. The van der Waals surface area contributed by atoms with Gasteiger partial charge in [-0.05, 0) is 18.2 Å². The number of cyclic esters (lactones) is 1. The van der Waals surface area contributed by atoms with Crippen LogP contribution in [0.2, 0.25) is 5.02 Å². The van der Waals surface area contributed by atoms with Gasteiger partial charge in [0.1, 0.15) is 11.8 Å². The Kier molecular flexibility index (Phi) is 4.86. The zero-order valence-corrected chi connectivity index (χ0v) is 13.5. The third-order valence-corrected chi connectivity index (χ3v) is 4.63. The summed E-state index contributed by atoms with van der Waals surface area (Å²) in [6.07, 6.45) is 0.820. The Bertz CT molecular complexity index is 544. The van der Waals surface area contributed by atoms with Crippen LogP contribution in [-0.4, -0.2) is 61.7 Å². The minimum atomic E-state index is -0.0649. The van der Waals surface area contributed by atoms with Gasteiger partial charge in [0, 0.05) is 49.7 Å². The normalized spacial score (nSPS) is 23.5. The molecule has 120 valence electrons. The molecule has 0 unspecified atom stereocenters. The largest absolute Gasteiger partial charge is 0.496 e. The maximum atomic E-state index is 11.7. The fourth-order valence-electron chi connectivity index (χ4n) is 3.16. The highest BCUT2D eigenvalue weighted by molar-refractivity contribution is 6.30. The molecule has 0 radical (unpaired) electrons. The van der Waals surface area contributed by atoms with Crippen molar-refractivity contribution in [3.63, 3.8) is 0 Å². The van der Waals surface area contributed by atoms with Crippen molar-refractivity contribution in [3.05, 3.63) is 28.8 Å². The standard InChI is InChI=1S/C16H21ClN2O3/c1-21-15-3-2-13(17)10-12(15)11-18-5-7-19(8-6-18)14-4-9-22-16(14)20/h2-3,10,14H,4-9,11H2,1H3/t14-/m0/s1. The predicted octanol–water partition coefficient (Wildman–Crippen LogP) is 1.78. The third kappa shape index (κ3) is 3.37. The molecular weight excluding hydrogens is 304 g/mol. The second-order valence-electron chi connectivity index (χ2n) is 5.74. The van der Waals surface area contributed by atoms with E-state index in [1.807, 2.05) is 18.2 Å². The van der Waals surface area contributed by atoms with Crippen molar-refractivity contribution in [1.82, 2.24) is 9.80 Å². The number of halogens is 1. The highest BCUT2D eigenvalue weighted by atomic mass is 35.5. The lowest BCUT2D eigenvalue weighted by atomic mass is 10.1. The summed E-state index contributed by atoms with van der Waals surface area (Å²) in [4.78, 5) is 16.3. The molecule has 2 aliphatic heterocycles. The number of hydrogen-bond acceptors (Lipinski definition) is 5. The van der Waals surface area contributed by atoms with E-state index in [4.69, 9.17) is 21.1 Å². The molecular formula is C16H21ClN2O3. The molecule has 0 aliphatic carbocycles. The van der Waals surface area contributed by atoms with Gasteiger partial charge in [-0.2, -0.15) is 0 Å². The van der Waals surface area contributed by atoms with Gasteiger partial charge in [-0.3, -0.25) is 14.6 Å². The molecule has 0 spiro atoms. The van der Waals surface area contributed by atoms with Gasteiger partial charge >= 0.3 is 5.97 Å². The summed E-state index contributed by atoms with van der Waals surface area (Å²) in [6.45, 7) is 5.01. The first-order chi connectivity index (χ1) is 10.7. The molecule has 0 saturated carbocycles. The molecule has 1 aromatic rings. The van der Waals surface area contributed by atoms with E-state index in [0.29, 0.717) is 6.61 Å². The van der Waals surface area contributed by atoms with Crippen molar-refractivity contribution >= 4 is 17.6 Å². The fraction of sp³-hybridized carbons (Fsp3) is 0.562. The summed E-state index contributed by atoms with van der Waals surface area (Å²) < 4.78 is 10.5. The molecule has 2 heterocycles. The van der Waals surface area contributed by atoms with E-state index in [1.54, 1.807) is 7.11 Å². The first kappa shape index (κ1) is 15.6. The SMILES string of the molecule is COc1ccc(Cl)cc1CN1CCN([C@H]2CCOC2=O)CC1. The van der Waals surface area contributed by atoms with E-state index in [0.717, 1.165) is 55.5 Å². The highest BCUT2D eigenvalue weighted by Gasteiger charge is 2.34. The number of ether oxygens (including phenoxy) is 2. The van der Waals surface area contributed by atoms with Crippen molar-refractivity contribution in [1.29, 1.82) is 0 Å². The number of carbonyl (C=O) groups excluding carboxylic acids is 1. The van der Waals surface area contributed by atoms with E-state index in [9.17, 15) is 4.79 Å². The number of carbonyl (C=O) groups is 1. The monoisotopic (exact) mass is 324 g/mol. The summed E-state index contributed by atoms with van der Waals surface area (Å²) >= 11 is 6.08. The summed E-state index contributed by atoms with van der Waals surface area (Å²) in [6, 6.07) is 5.67. The van der Waals surface area contributed by atoms with E-state index >= 15 is 0 Å². The molecule has 22 heavy (non-hydrogen) atoms. The second-order valence-corrected chi connectivity index (χ2v) is 6.18. The van der Waals surface area contributed by atoms with Gasteiger partial charge in [-0.1, -0.05) is 11.6 Å². The molecule has 1 aromatic carbocycles. The molecule has 0 bridgehead atoms. The van der Waals surface area contributed by atoms with Crippen molar-refractivity contribution in [2.24, 2.45) is 0 Å². The Morgan fingerprint density at radius 1 is 1.32 bits per heavy atom. The Balaban J connectivity index is 1.58. The first-order valence-electron chi connectivity index (χ1n) is 7.63. The Labute approximate surface area is 135 Å². The zero-order chi connectivity index (χ0) is 15.5. The molecule has 6 heteroatoms. The molecule has 3 rings (SSSR count). The van der Waals surface area contributed by atoms with Gasteiger partial charge in [0.25, 0.3) is 0 Å². The maximum Gasteiger partial charge on any atom is 0.323 e. The number of benzene rings is 1. The number of hydrogen-bond donors (Lipinski definition) is 0. The smallest absolute Gasteiger partial charge is 0.323 e. The lowest BCUT2D eigenvalue weighted by Crippen LogP contribution is -2.51. The van der Waals surface area contributed by atoms with Crippen molar-refractivity contribution in [2.45, 2.75) is 19.0 Å². The number of piperazine rings is 1. The van der Waals surface area contributed by atoms with E-state index in [-0.39, 0.29) is 12.0 Å². The van der Waals surface area contributed by atoms with Crippen LogP contribution in [0.1, 0.15) is 12.0 Å². The topological polar surface area (TPSA) is 42.0 Å². The van der Waals surface area contributed by atoms with Crippen molar-refractivity contribution in [2.75, 3.05) is 39.9 Å². The molecule has 1 atom stereocenters. The summed E-state index contributed by atoms with van der Waals surface area (Å²) in [5.74, 6) is 0.802. The van der Waals surface area contributed by atoms with Gasteiger partial charge in [-0.15, -0.1) is 0 Å². The number of esters is 1. The molecule has 2 fully saturated rings. The highest BCUT2D eigenvalue weighted by Crippen LogP contribution is 2.25. The Morgan fingerprint density at radius 3 is 2.73 bits per heavy atom. The molecule has 2 saturated heterocycles. The van der Waals surface area contributed by atoms with Crippen LogP contribution in [0.3, 0.4) is 0 Å². The Morgan fingerprint density at radius 2 is 2.09 bits per heavy atom. The van der Waals surface area contributed by atoms with Crippen LogP contribution >= 0.6 is 11.6 Å². The van der Waals surface area contributed by atoms with E-state index < -0.39 is 0 Å². The van der Waals surface area contributed by atoms with Crippen LogP contribution in [0.15, 0.2) is 18.2 Å². The van der Waals surface area contributed by atoms with Crippen LogP contribution in [0.4, 0.5) is 0 Å². The summed E-state index contributed by atoms with van der Waals surface area (Å²) in [5, 5.41) is 0.725. The van der Waals surface area contributed by atoms with Crippen LogP contribution < -0.4 is 4.74 Å². The number of rotatable bonds is 4. The predicted molar refractivity (Wildman–Crippen MR) is 84.2 cm³/mol. The van der Waals surface area contributed by atoms with Crippen molar-refractivity contribution < 1.29 is 14.3 Å². The lowest BCUT2D eigenvalue weighted by molar-refractivity contribution is -0.142. The van der Waals surface area contributed by atoms with Gasteiger partial charge < -0.3 is 9.47 Å². The summed E-state index contributed by atoms with van der Waals surface area (Å²) in [7, 11) is 1.68. The second kappa shape index (κ2) is 6.86. The van der Waals surface area contributed by atoms with E-state index in [2.05, 4.69) is 9.80 Å². The first-order valence-corrected chi connectivity index (χ1v) is 8.00.